The largest absolute Gasteiger partial charge is 0.504 e. The van der Waals surface area contributed by atoms with E-state index in [1.807, 2.05) is 0 Å². The Kier molecular flexibility index (Phi) is 6.13. The first-order valence-corrected chi connectivity index (χ1v) is 10.7. The average Bonchev–Trinajstić information content (AvgIpc) is 3.06. The maximum atomic E-state index is 12.9. The number of sulfonamides is 1. The standard InChI is InChI=1S/C19H25N3O6S/c1-12-18(13(2)28-21-12)29(25,26)22-8-6-15(7-9-22)19(24)20-11-14-4-5-16(23)17(10-14)27-3/h4-5,10,15,23H,6-9,11H2,1-3H3,(H,20,24). The number of ether oxygens (including phenoxy) is 1. The fourth-order valence-electron chi connectivity index (χ4n) is 3.50. The number of hydrogen-bond acceptors (Lipinski definition) is 7. The van der Waals surface area contributed by atoms with Crippen molar-refractivity contribution in [2.45, 2.75) is 38.1 Å². The van der Waals surface area contributed by atoms with Crippen molar-refractivity contribution in [1.29, 1.82) is 0 Å². The predicted molar refractivity (Wildman–Crippen MR) is 104 cm³/mol. The second kappa shape index (κ2) is 8.42. The molecule has 10 heteroatoms. The van der Waals surface area contributed by atoms with Gasteiger partial charge >= 0.3 is 0 Å². The number of phenolic OH excluding ortho intramolecular Hbond substituents is 1. The molecule has 0 atom stereocenters. The quantitative estimate of drug-likeness (QED) is 0.725. The van der Waals surface area contributed by atoms with Crippen LogP contribution < -0.4 is 10.1 Å². The lowest BCUT2D eigenvalue weighted by Crippen LogP contribution is -2.43. The number of nitrogens with zero attached hydrogens (tertiary/aromatic N) is 2. The summed E-state index contributed by atoms with van der Waals surface area (Å²) in [6.45, 7) is 4.00. The van der Waals surface area contributed by atoms with Gasteiger partial charge in [-0.3, -0.25) is 4.79 Å². The van der Waals surface area contributed by atoms with E-state index in [-0.39, 0.29) is 41.3 Å². The number of hydrogen-bond donors (Lipinski definition) is 2. The molecule has 1 fully saturated rings. The summed E-state index contributed by atoms with van der Waals surface area (Å²) in [6.07, 6.45) is 0.876. The van der Waals surface area contributed by atoms with Crippen LogP contribution in [0.3, 0.4) is 0 Å². The second-order valence-electron chi connectivity index (χ2n) is 7.06. The molecular formula is C19H25N3O6S. The fraction of sp³-hybridized carbons (Fsp3) is 0.474. The van der Waals surface area contributed by atoms with Gasteiger partial charge in [-0.25, -0.2) is 8.42 Å². The summed E-state index contributed by atoms with van der Waals surface area (Å²) in [5, 5.41) is 16.2. The molecule has 158 valence electrons. The zero-order chi connectivity index (χ0) is 21.2. The molecule has 2 aromatic rings. The number of carbonyl (C=O) groups excluding carboxylic acids is 1. The Labute approximate surface area is 169 Å². The maximum Gasteiger partial charge on any atom is 0.248 e. The van der Waals surface area contributed by atoms with Crippen LogP contribution in [-0.2, 0) is 21.4 Å². The van der Waals surface area contributed by atoms with E-state index < -0.39 is 10.0 Å². The Balaban J connectivity index is 1.57. The van der Waals surface area contributed by atoms with E-state index in [0.29, 0.717) is 30.8 Å². The summed E-state index contributed by atoms with van der Waals surface area (Å²) in [5.74, 6) is 0.271. The van der Waals surface area contributed by atoms with Gasteiger partial charge in [0.2, 0.25) is 15.9 Å². The first kappa shape index (κ1) is 21.1. The summed E-state index contributed by atoms with van der Waals surface area (Å²) in [5.41, 5.74) is 1.14. The number of benzene rings is 1. The predicted octanol–water partition coefficient (Wildman–Crippen LogP) is 1.72. The van der Waals surface area contributed by atoms with E-state index in [2.05, 4.69) is 10.5 Å². The number of phenols is 1. The molecule has 0 unspecified atom stereocenters. The smallest absolute Gasteiger partial charge is 0.248 e. The summed E-state index contributed by atoms with van der Waals surface area (Å²) < 4.78 is 37.1. The van der Waals surface area contributed by atoms with Crippen molar-refractivity contribution in [1.82, 2.24) is 14.8 Å². The van der Waals surface area contributed by atoms with E-state index in [4.69, 9.17) is 9.26 Å². The molecule has 0 aliphatic carbocycles. The highest BCUT2D eigenvalue weighted by Gasteiger charge is 2.35. The van der Waals surface area contributed by atoms with E-state index in [0.717, 1.165) is 5.56 Å². The number of aromatic nitrogens is 1. The Morgan fingerprint density at radius 1 is 1.34 bits per heavy atom. The molecule has 0 radical (unpaired) electrons. The Morgan fingerprint density at radius 3 is 2.62 bits per heavy atom. The van der Waals surface area contributed by atoms with E-state index in [9.17, 15) is 18.3 Å². The van der Waals surface area contributed by atoms with Crippen LogP contribution in [0.4, 0.5) is 0 Å². The summed E-state index contributed by atoms with van der Waals surface area (Å²) in [6, 6.07) is 4.88. The highest BCUT2D eigenvalue weighted by molar-refractivity contribution is 7.89. The van der Waals surface area contributed by atoms with Crippen LogP contribution >= 0.6 is 0 Å². The minimum absolute atomic E-state index is 0.0365. The second-order valence-corrected chi connectivity index (χ2v) is 8.93. The van der Waals surface area contributed by atoms with Crippen molar-refractivity contribution in [3.8, 4) is 11.5 Å². The third-order valence-corrected chi connectivity index (χ3v) is 7.25. The normalized spacial score (nSPS) is 16.0. The number of methoxy groups -OCH3 is 1. The molecule has 9 nitrogen and oxygen atoms in total. The molecule has 1 aromatic heterocycles. The SMILES string of the molecule is COc1cc(CNC(=O)C2CCN(S(=O)(=O)c3c(C)noc3C)CC2)ccc1O. The van der Waals surface area contributed by atoms with Crippen molar-refractivity contribution in [3.05, 3.63) is 35.2 Å². The number of piperidine rings is 1. The van der Waals surface area contributed by atoms with Crippen molar-refractivity contribution in [2.75, 3.05) is 20.2 Å². The minimum Gasteiger partial charge on any atom is -0.504 e. The van der Waals surface area contributed by atoms with Crippen molar-refractivity contribution < 1.29 is 27.6 Å². The number of aryl methyl sites for hydroxylation is 2. The Hall–Kier alpha value is -2.59. The van der Waals surface area contributed by atoms with Gasteiger partial charge in [-0.2, -0.15) is 4.31 Å². The third-order valence-electron chi connectivity index (χ3n) is 5.10. The first-order valence-electron chi connectivity index (χ1n) is 9.30. The van der Waals surface area contributed by atoms with Gasteiger partial charge in [-0.15, -0.1) is 0 Å². The van der Waals surface area contributed by atoms with Crippen molar-refractivity contribution in [3.63, 3.8) is 0 Å². The van der Waals surface area contributed by atoms with Crippen LogP contribution in [0.25, 0.3) is 0 Å². The van der Waals surface area contributed by atoms with Crippen LogP contribution in [-0.4, -0.2) is 49.1 Å². The van der Waals surface area contributed by atoms with Crippen LogP contribution in [0.15, 0.2) is 27.6 Å². The molecule has 29 heavy (non-hydrogen) atoms. The lowest BCUT2D eigenvalue weighted by molar-refractivity contribution is -0.126. The van der Waals surface area contributed by atoms with Gasteiger partial charge in [0.15, 0.2) is 17.3 Å². The maximum absolute atomic E-state index is 12.9. The molecule has 0 spiro atoms. The monoisotopic (exact) mass is 423 g/mol. The molecule has 1 aliphatic heterocycles. The van der Waals surface area contributed by atoms with E-state index in [1.54, 1.807) is 26.0 Å². The van der Waals surface area contributed by atoms with Gasteiger partial charge in [0.1, 0.15) is 10.6 Å². The molecule has 1 amide bonds. The molecule has 3 rings (SSSR count). The summed E-state index contributed by atoms with van der Waals surface area (Å²) in [7, 11) is -2.23. The third kappa shape index (κ3) is 4.38. The highest BCUT2D eigenvalue weighted by Crippen LogP contribution is 2.28. The van der Waals surface area contributed by atoms with Gasteiger partial charge in [0, 0.05) is 25.6 Å². The molecule has 2 N–H and O–H groups in total. The zero-order valence-corrected chi connectivity index (χ0v) is 17.5. The summed E-state index contributed by atoms with van der Waals surface area (Å²) in [4.78, 5) is 12.6. The number of aromatic hydroxyl groups is 1. The molecular weight excluding hydrogens is 398 g/mol. The van der Waals surface area contributed by atoms with Gasteiger partial charge in [-0.05, 0) is 44.4 Å². The zero-order valence-electron chi connectivity index (χ0n) is 16.6. The van der Waals surface area contributed by atoms with Gasteiger partial charge in [-0.1, -0.05) is 11.2 Å². The highest BCUT2D eigenvalue weighted by atomic mass is 32.2. The van der Waals surface area contributed by atoms with Crippen LogP contribution in [0.5, 0.6) is 11.5 Å². The number of amides is 1. The van der Waals surface area contributed by atoms with Crippen LogP contribution in [0.2, 0.25) is 0 Å². The van der Waals surface area contributed by atoms with Crippen molar-refractivity contribution in [2.24, 2.45) is 5.92 Å². The minimum atomic E-state index is -3.69. The molecule has 1 saturated heterocycles. The summed E-state index contributed by atoms with van der Waals surface area (Å²) >= 11 is 0. The lowest BCUT2D eigenvalue weighted by Gasteiger charge is -2.30. The fourth-order valence-corrected chi connectivity index (χ4v) is 5.26. The molecule has 2 heterocycles. The molecule has 1 aliphatic rings. The molecule has 0 bridgehead atoms. The first-order chi connectivity index (χ1) is 13.7. The molecule has 0 saturated carbocycles. The molecule has 1 aromatic carbocycles. The van der Waals surface area contributed by atoms with Crippen LogP contribution in [0, 0.1) is 19.8 Å². The number of nitrogens with one attached hydrogen (secondary N) is 1. The van der Waals surface area contributed by atoms with Gasteiger partial charge in [0.25, 0.3) is 0 Å². The van der Waals surface area contributed by atoms with E-state index >= 15 is 0 Å². The van der Waals surface area contributed by atoms with Gasteiger partial charge < -0.3 is 19.7 Å². The van der Waals surface area contributed by atoms with E-state index in [1.165, 1.54) is 17.5 Å². The Bertz CT molecular complexity index is 974. The number of rotatable bonds is 6. The number of carbonyl (C=O) groups is 1. The average molecular weight is 423 g/mol. The lowest BCUT2D eigenvalue weighted by atomic mass is 9.97. The van der Waals surface area contributed by atoms with Gasteiger partial charge in [0.05, 0.1) is 7.11 Å². The van der Waals surface area contributed by atoms with Crippen molar-refractivity contribution >= 4 is 15.9 Å². The Morgan fingerprint density at radius 2 is 2.03 bits per heavy atom. The van der Waals surface area contributed by atoms with Crippen LogP contribution in [0.1, 0.15) is 29.9 Å². The topological polar surface area (TPSA) is 122 Å².